The van der Waals surface area contributed by atoms with Crippen LogP contribution in [0.1, 0.15) is 20.3 Å². The zero-order chi connectivity index (χ0) is 14.7. The molecule has 0 aliphatic heterocycles. The Bertz CT molecular complexity index is 650. The van der Waals surface area contributed by atoms with Gasteiger partial charge in [-0.05, 0) is 30.6 Å². The normalized spacial score (nSPS) is 11.7. The van der Waals surface area contributed by atoms with Crippen molar-refractivity contribution in [3.63, 3.8) is 0 Å². The number of fused-ring (bicyclic) bond motifs is 1. The highest BCUT2D eigenvalue weighted by Gasteiger charge is 2.08. The number of benzene rings is 1. The Balaban J connectivity index is 2.08. The third-order valence-electron chi connectivity index (χ3n) is 2.94. The summed E-state index contributed by atoms with van der Waals surface area (Å²) in [5, 5.41) is 0.0983. The van der Waals surface area contributed by atoms with Crippen LogP contribution in [0.3, 0.4) is 0 Å². The number of hydrogen-bond donors (Lipinski definition) is 1. The van der Waals surface area contributed by atoms with Gasteiger partial charge in [0.15, 0.2) is 4.77 Å². The molecule has 1 N–H and O–H groups in total. The van der Waals surface area contributed by atoms with Crippen LogP contribution in [0.2, 0.25) is 5.02 Å². The number of ether oxygens (including phenoxy) is 1. The van der Waals surface area contributed by atoms with Crippen molar-refractivity contribution in [1.29, 1.82) is 0 Å². The molecular weight excluding hydrogens is 299 g/mol. The van der Waals surface area contributed by atoms with E-state index in [9.17, 15) is 4.39 Å². The van der Waals surface area contributed by atoms with E-state index in [2.05, 4.69) is 18.8 Å². The van der Waals surface area contributed by atoms with E-state index in [0.29, 0.717) is 23.8 Å². The standard InChI is InChI=1S/C14H18ClFN2OS/c1-9(2)8-19-5-3-4-18-13-7-11(16)10(15)6-12(13)17-14(18)20/h6-7,9H,3-5,8H2,1-2H3,(H,17,20). The van der Waals surface area contributed by atoms with Crippen LogP contribution in [0.4, 0.5) is 4.39 Å². The molecule has 2 rings (SSSR count). The lowest BCUT2D eigenvalue weighted by molar-refractivity contribution is 0.105. The minimum atomic E-state index is -0.432. The van der Waals surface area contributed by atoms with Gasteiger partial charge in [0.1, 0.15) is 5.82 Å². The predicted molar refractivity (Wildman–Crippen MR) is 82.4 cm³/mol. The molecule has 0 fully saturated rings. The molecule has 0 radical (unpaired) electrons. The average molecular weight is 317 g/mol. The quantitative estimate of drug-likeness (QED) is 0.625. The third-order valence-corrected chi connectivity index (χ3v) is 3.55. The van der Waals surface area contributed by atoms with Gasteiger partial charge in [0, 0.05) is 25.8 Å². The molecule has 1 heterocycles. The number of nitrogens with one attached hydrogen (secondary N) is 1. The van der Waals surface area contributed by atoms with Gasteiger partial charge in [0.25, 0.3) is 0 Å². The lowest BCUT2D eigenvalue weighted by Gasteiger charge is -2.08. The maximum Gasteiger partial charge on any atom is 0.178 e. The Morgan fingerprint density at radius 2 is 2.20 bits per heavy atom. The van der Waals surface area contributed by atoms with Gasteiger partial charge < -0.3 is 14.3 Å². The number of H-pyrrole nitrogens is 1. The first-order chi connectivity index (χ1) is 9.49. The van der Waals surface area contributed by atoms with Gasteiger partial charge in [-0.1, -0.05) is 25.4 Å². The summed E-state index contributed by atoms with van der Waals surface area (Å²) in [6.07, 6.45) is 0.832. The van der Waals surface area contributed by atoms with E-state index < -0.39 is 5.82 Å². The lowest BCUT2D eigenvalue weighted by Crippen LogP contribution is -2.06. The minimum Gasteiger partial charge on any atom is -0.381 e. The predicted octanol–water partition coefficient (Wildman–Crippen LogP) is 4.55. The van der Waals surface area contributed by atoms with Crippen molar-refractivity contribution in [2.24, 2.45) is 5.92 Å². The molecular formula is C14H18ClFN2OS. The van der Waals surface area contributed by atoms with Gasteiger partial charge >= 0.3 is 0 Å². The van der Waals surface area contributed by atoms with Gasteiger partial charge in [-0.2, -0.15) is 0 Å². The molecule has 0 amide bonds. The van der Waals surface area contributed by atoms with Gasteiger partial charge in [0.2, 0.25) is 0 Å². The molecule has 3 nitrogen and oxygen atoms in total. The highest BCUT2D eigenvalue weighted by molar-refractivity contribution is 7.71. The van der Waals surface area contributed by atoms with Gasteiger partial charge in [0.05, 0.1) is 16.1 Å². The summed E-state index contributed by atoms with van der Waals surface area (Å²) in [7, 11) is 0. The van der Waals surface area contributed by atoms with E-state index >= 15 is 0 Å². The van der Waals surface area contributed by atoms with Crippen LogP contribution >= 0.6 is 23.8 Å². The number of imidazole rings is 1. The fourth-order valence-corrected chi connectivity index (χ4v) is 2.48. The maximum absolute atomic E-state index is 13.6. The van der Waals surface area contributed by atoms with Crippen LogP contribution in [0, 0.1) is 16.5 Å². The van der Waals surface area contributed by atoms with E-state index in [1.54, 1.807) is 6.07 Å². The number of aromatic nitrogens is 2. The molecule has 1 aromatic heterocycles. The monoisotopic (exact) mass is 316 g/mol. The second-order valence-electron chi connectivity index (χ2n) is 5.19. The summed E-state index contributed by atoms with van der Waals surface area (Å²) in [5.41, 5.74) is 1.49. The molecule has 0 spiro atoms. The number of nitrogens with zero attached hydrogens (tertiary/aromatic N) is 1. The van der Waals surface area contributed by atoms with Crippen LogP contribution < -0.4 is 0 Å². The fourth-order valence-electron chi connectivity index (χ4n) is 2.02. The Kier molecular flexibility index (Phi) is 5.18. The zero-order valence-electron chi connectivity index (χ0n) is 11.6. The molecule has 0 aliphatic rings. The van der Waals surface area contributed by atoms with Crippen molar-refractivity contribution >= 4 is 34.9 Å². The van der Waals surface area contributed by atoms with Crippen molar-refractivity contribution in [3.05, 3.63) is 27.7 Å². The lowest BCUT2D eigenvalue weighted by atomic mass is 10.2. The van der Waals surface area contributed by atoms with Crippen LogP contribution in [0.25, 0.3) is 11.0 Å². The summed E-state index contributed by atoms with van der Waals surface area (Å²) < 4.78 is 21.5. The molecule has 2 aromatic rings. The third kappa shape index (κ3) is 3.59. The Morgan fingerprint density at radius 3 is 2.90 bits per heavy atom. The van der Waals surface area contributed by atoms with Gasteiger partial charge in [-0.25, -0.2) is 4.39 Å². The first-order valence-electron chi connectivity index (χ1n) is 6.64. The van der Waals surface area contributed by atoms with E-state index in [0.717, 1.165) is 24.1 Å². The van der Waals surface area contributed by atoms with Crippen molar-refractivity contribution < 1.29 is 9.13 Å². The van der Waals surface area contributed by atoms with Crippen molar-refractivity contribution in [3.8, 4) is 0 Å². The van der Waals surface area contributed by atoms with Crippen LogP contribution in [-0.2, 0) is 11.3 Å². The van der Waals surface area contributed by atoms with E-state index in [1.165, 1.54) is 6.07 Å². The van der Waals surface area contributed by atoms with Crippen LogP contribution in [-0.4, -0.2) is 22.8 Å². The maximum atomic E-state index is 13.6. The number of aryl methyl sites for hydroxylation is 1. The number of hydrogen-bond acceptors (Lipinski definition) is 2. The molecule has 1 aromatic carbocycles. The number of halogens is 2. The summed E-state index contributed by atoms with van der Waals surface area (Å²) in [5.74, 6) is 0.0967. The SMILES string of the molecule is CC(C)COCCCn1c(=S)[nH]c2cc(Cl)c(F)cc21. The van der Waals surface area contributed by atoms with Crippen LogP contribution in [0.5, 0.6) is 0 Å². The molecule has 0 saturated carbocycles. The zero-order valence-corrected chi connectivity index (χ0v) is 13.2. The first kappa shape index (κ1) is 15.5. The molecule has 0 unspecified atom stereocenters. The number of rotatable bonds is 6. The highest BCUT2D eigenvalue weighted by atomic mass is 35.5. The molecule has 0 aliphatic carbocycles. The Morgan fingerprint density at radius 1 is 1.45 bits per heavy atom. The molecule has 0 saturated heterocycles. The first-order valence-corrected chi connectivity index (χ1v) is 7.43. The number of aromatic amines is 1. The van der Waals surface area contributed by atoms with Crippen molar-refractivity contribution in [2.45, 2.75) is 26.8 Å². The van der Waals surface area contributed by atoms with E-state index in [-0.39, 0.29) is 5.02 Å². The van der Waals surface area contributed by atoms with Gasteiger partial charge in [-0.15, -0.1) is 0 Å². The second-order valence-corrected chi connectivity index (χ2v) is 5.98. The second kappa shape index (κ2) is 6.70. The summed E-state index contributed by atoms with van der Waals surface area (Å²) >= 11 is 11.0. The van der Waals surface area contributed by atoms with E-state index in [4.69, 9.17) is 28.6 Å². The molecule has 6 heteroatoms. The van der Waals surface area contributed by atoms with E-state index in [1.807, 2.05) is 4.57 Å². The Labute approximate surface area is 127 Å². The smallest absolute Gasteiger partial charge is 0.178 e. The Hall–Kier alpha value is -0.910. The largest absolute Gasteiger partial charge is 0.381 e. The van der Waals surface area contributed by atoms with Crippen LogP contribution in [0.15, 0.2) is 12.1 Å². The summed E-state index contributed by atoms with van der Waals surface area (Å²) in [6.45, 7) is 6.34. The average Bonchev–Trinajstić information content (AvgIpc) is 2.65. The van der Waals surface area contributed by atoms with Crippen molar-refractivity contribution in [2.75, 3.05) is 13.2 Å². The molecule has 20 heavy (non-hydrogen) atoms. The summed E-state index contributed by atoms with van der Waals surface area (Å²) in [6, 6.07) is 2.98. The molecule has 0 bridgehead atoms. The van der Waals surface area contributed by atoms with Gasteiger partial charge in [-0.3, -0.25) is 0 Å². The molecule has 0 atom stereocenters. The molecule has 110 valence electrons. The topological polar surface area (TPSA) is 29.9 Å². The fraction of sp³-hybridized carbons (Fsp3) is 0.500. The highest BCUT2D eigenvalue weighted by Crippen LogP contribution is 2.22. The minimum absolute atomic E-state index is 0.0983. The summed E-state index contributed by atoms with van der Waals surface area (Å²) in [4.78, 5) is 3.04. The van der Waals surface area contributed by atoms with Crippen molar-refractivity contribution in [1.82, 2.24) is 9.55 Å².